The monoisotopic (exact) mass is 482 g/mol. The minimum atomic E-state index is -4.87. The molecule has 1 unspecified atom stereocenters. The van der Waals surface area contributed by atoms with Crippen molar-refractivity contribution < 1.29 is 51.4 Å². The van der Waals surface area contributed by atoms with Gasteiger partial charge in [0.25, 0.3) is 21.9 Å². The third kappa shape index (κ3) is 8.30. The summed E-state index contributed by atoms with van der Waals surface area (Å²) < 4.78 is 31.7. The van der Waals surface area contributed by atoms with Crippen LogP contribution in [0.15, 0.2) is 0 Å². The van der Waals surface area contributed by atoms with Gasteiger partial charge in [-0.3, -0.25) is 37.6 Å². The number of hydrogen-bond donors (Lipinski definition) is 3. The Kier molecular flexibility index (Phi) is 9.07. The molecule has 0 spiro atoms. The molecule has 172 valence electrons. The van der Waals surface area contributed by atoms with Crippen molar-refractivity contribution in [1.82, 2.24) is 20.0 Å². The van der Waals surface area contributed by atoms with Crippen LogP contribution in [0.1, 0.15) is 20.3 Å². The second-order valence-corrected chi connectivity index (χ2v) is 8.69. The average molecular weight is 482 g/mol. The van der Waals surface area contributed by atoms with E-state index >= 15 is 0 Å². The van der Waals surface area contributed by atoms with E-state index in [4.69, 9.17) is 4.55 Å². The number of rotatable bonds is 8. The summed E-state index contributed by atoms with van der Waals surface area (Å²) in [5.41, 5.74) is 0. The zero-order valence-electron chi connectivity index (χ0n) is 16.1. The first kappa shape index (κ1) is 26.0. The molecule has 0 aliphatic carbocycles. The lowest BCUT2D eigenvalue weighted by molar-refractivity contribution is -0.196. The highest BCUT2D eigenvalue weighted by atomic mass is 32.2. The normalized spacial score (nSPS) is 16.0. The summed E-state index contributed by atoms with van der Waals surface area (Å²) in [6, 6.07) is 0. The van der Waals surface area contributed by atoms with Gasteiger partial charge in [0, 0.05) is 25.8 Å². The summed E-state index contributed by atoms with van der Waals surface area (Å²) in [7, 11) is -4.87. The molecular weight excluding hydrogens is 464 g/mol. The second-order valence-electron chi connectivity index (χ2n) is 5.89. The van der Waals surface area contributed by atoms with Crippen molar-refractivity contribution in [3.63, 3.8) is 0 Å². The molecular formula is C14H18N4O11S2. The van der Waals surface area contributed by atoms with Gasteiger partial charge in [-0.05, 0) is 0 Å². The Hall–Kier alpha value is -3.05. The standard InChI is InChI=1S/C14H18N4O11S2/c1-7(19)17(30-8(2)20)6-11(22)15-4-10(21)16-5-13(24)29-18-12(23)3-9(14(18)25)31(26,27)28/h9H,3-6H2,1-2H3,(H,15,22)(H,16,21)(H,26,27,28). The quantitative estimate of drug-likeness (QED) is 0.177. The highest BCUT2D eigenvalue weighted by molar-refractivity contribution is 8.12. The first-order valence-electron chi connectivity index (χ1n) is 8.26. The number of carbonyl (C=O) groups excluding carboxylic acids is 7. The van der Waals surface area contributed by atoms with Crippen LogP contribution in [0.2, 0.25) is 0 Å². The van der Waals surface area contributed by atoms with Gasteiger partial charge in [-0.2, -0.15) is 8.42 Å². The Morgan fingerprint density at radius 1 is 1.13 bits per heavy atom. The van der Waals surface area contributed by atoms with Gasteiger partial charge in [0.2, 0.25) is 22.8 Å². The topological polar surface area (TPSA) is 214 Å². The number of carbonyl (C=O) groups is 7. The van der Waals surface area contributed by atoms with E-state index in [-0.39, 0.29) is 5.06 Å². The summed E-state index contributed by atoms with van der Waals surface area (Å²) in [6.45, 7) is 0.354. The minimum Gasteiger partial charge on any atom is -0.345 e. The van der Waals surface area contributed by atoms with Crippen LogP contribution in [0.5, 0.6) is 0 Å². The van der Waals surface area contributed by atoms with Crippen LogP contribution in [-0.2, 0) is 48.5 Å². The molecule has 15 nitrogen and oxygen atoms in total. The zero-order chi connectivity index (χ0) is 23.9. The van der Waals surface area contributed by atoms with Gasteiger partial charge in [0.1, 0.15) is 13.1 Å². The fraction of sp³-hybridized carbons (Fsp3) is 0.500. The fourth-order valence-corrected chi connectivity index (χ4v) is 3.33. The van der Waals surface area contributed by atoms with Gasteiger partial charge in [-0.25, -0.2) is 4.79 Å². The molecule has 1 rings (SSSR count). The molecule has 1 saturated heterocycles. The predicted molar refractivity (Wildman–Crippen MR) is 99.6 cm³/mol. The number of imide groups is 1. The summed E-state index contributed by atoms with van der Waals surface area (Å²) in [4.78, 5) is 85.1. The van der Waals surface area contributed by atoms with Crippen molar-refractivity contribution in [1.29, 1.82) is 0 Å². The molecule has 17 heteroatoms. The van der Waals surface area contributed by atoms with E-state index in [1.54, 1.807) is 0 Å². The summed E-state index contributed by atoms with van der Waals surface area (Å²) in [5, 5.41) is 1.50. The molecule has 0 aromatic rings. The number of hydrogen-bond acceptors (Lipinski definition) is 11. The summed E-state index contributed by atoms with van der Waals surface area (Å²) in [5.74, 6) is -6.17. The van der Waals surface area contributed by atoms with Gasteiger partial charge in [0.05, 0.1) is 13.0 Å². The van der Waals surface area contributed by atoms with E-state index in [1.807, 2.05) is 5.32 Å². The molecule has 1 heterocycles. The fourth-order valence-electron chi connectivity index (χ4n) is 2.01. The molecule has 0 bridgehead atoms. The Bertz CT molecular complexity index is 917. The van der Waals surface area contributed by atoms with Crippen molar-refractivity contribution in [2.45, 2.75) is 25.5 Å². The first-order valence-corrected chi connectivity index (χ1v) is 10.5. The summed E-state index contributed by atoms with van der Waals surface area (Å²) >= 11 is 0.511. The highest BCUT2D eigenvalue weighted by Gasteiger charge is 2.48. The van der Waals surface area contributed by atoms with E-state index in [0.29, 0.717) is 11.9 Å². The number of hydroxylamine groups is 2. The van der Waals surface area contributed by atoms with Crippen molar-refractivity contribution in [2.24, 2.45) is 0 Å². The molecule has 1 aliphatic heterocycles. The maximum absolute atomic E-state index is 11.7. The van der Waals surface area contributed by atoms with E-state index in [9.17, 15) is 42.0 Å². The molecule has 1 atom stereocenters. The molecule has 0 saturated carbocycles. The molecule has 3 N–H and O–H groups in total. The van der Waals surface area contributed by atoms with Gasteiger partial charge in [-0.1, -0.05) is 0 Å². The van der Waals surface area contributed by atoms with Crippen molar-refractivity contribution >= 4 is 62.7 Å². The molecule has 5 amide bonds. The minimum absolute atomic E-state index is 0.127. The third-order valence-electron chi connectivity index (χ3n) is 3.37. The van der Waals surface area contributed by atoms with Gasteiger partial charge in [-0.15, -0.1) is 5.06 Å². The maximum atomic E-state index is 11.7. The van der Waals surface area contributed by atoms with Crippen LogP contribution in [0.3, 0.4) is 0 Å². The van der Waals surface area contributed by atoms with Crippen molar-refractivity contribution in [3.05, 3.63) is 0 Å². The van der Waals surface area contributed by atoms with Gasteiger partial charge < -0.3 is 15.5 Å². The van der Waals surface area contributed by atoms with Crippen LogP contribution in [-0.4, -0.2) is 87.8 Å². The summed E-state index contributed by atoms with van der Waals surface area (Å²) in [6.07, 6.45) is -0.914. The molecule has 31 heavy (non-hydrogen) atoms. The van der Waals surface area contributed by atoms with Gasteiger partial charge >= 0.3 is 5.97 Å². The largest absolute Gasteiger partial charge is 0.352 e. The zero-order valence-corrected chi connectivity index (χ0v) is 17.8. The van der Waals surface area contributed by atoms with Crippen molar-refractivity contribution in [3.8, 4) is 0 Å². The Morgan fingerprint density at radius 2 is 1.71 bits per heavy atom. The predicted octanol–water partition coefficient (Wildman–Crippen LogP) is -3.26. The van der Waals surface area contributed by atoms with Crippen molar-refractivity contribution in [2.75, 3.05) is 19.6 Å². The molecule has 0 aromatic heterocycles. The van der Waals surface area contributed by atoms with E-state index in [0.717, 1.165) is 11.2 Å². The van der Waals surface area contributed by atoms with Crippen LogP contribution in [0.25, 0.3) is 0 Å². The first-order chi connectivity index (χ1) is 14.2. The Balaban J connectivity index is 2.44. The smallest absolute Gasteiger partial charge is 0.345 e. The lowest BCUT2D eigenvalue weighted by atomic mass is 10.4. The highest BCUT2D eigenvalue weighted by Crippen LogP contribution is 2.19. The molecule has 0 aromatic carbocycles. The molecule has 1 aliphatic rings. The lowest BCUT2D eigenvalue weighted by Crippen LogP contribution is -2.44. The third-order valence-corrected chi connectivity index (χ3v) is 5.32. The van der Waals surface area contributed by atoms with Crippen LogP contribution >= 0.6 is 11.9 Å². The lowest BCUT2D eigenvalue weighted by Gasteiger charge is -2.17. The van der Waals surface area contributed by atoms with Crippen LogP contribution < -0.4 is 10.6 Å². The molecule has 0 radical (unpaired) electrons. The maximum Gasteiger partial charge on any atom is 0.352 e. The number of nitrogens with one attached hydrogen (secondary N) is 2. The van der Waals surface area contributed by atoms with Gasteiger partial charge in [0.15, 0.2) is 5.25 Å². The average Bonchev–Trinajstić information content (AvgIpc) is 2.92. The Labute approximate surface area is 179 Å². The number of nitrogens with zero attached hydrogens (tertiary/aromatic N) is 2. The van der Waals surface area contributed by atoms with Crippen LogP contribution in [0, 0.1) is 0 Å². The van der Waals surface area contributed by atoms with E-state index in [1.165, 1.54) is 6.92 Å². The second kappa shape index (κ2) is 10.8. The number of amides is 5. The SMILES string of the molecule is CC(=O)SN(CC(=O)NCC(=O)NCC(=O)ON1C(=O)CC(S(=O)(=O)O)C1=O)C(C)=O. The Morgan fingerprint density at radius 3 is 2.19 bits per heavy atom. The van der Waals surface area contributed by atoms with E-state index in [2.05, 4.69) is 10.2 Å². The molecule has 1 fully saturated rings. The van der Waals surface area contributed by atoms with E-state index < -0.39 is 82.0 Å². The van der Waals surface area contributed by atoms with Crippen LogP contribution in [0.4, 0.5) is 0 Å².